The summed E-state index contributed by atoms with van der Waals surface area (Å²) in [6.45, 7) is 14.2. The molecular weight excluding hydrogens is 807 g/mol. The molecule has 0 amide bonds. The standard InChI is InChI=1S/C61H49NSSi/c1-59(2,3)40-27-30-44-45-31-28-41(60(4,5)6)36-57(45)64(56(44)35-40)55-26-16-9-19-43(55)46-32-29-42(37-58(46)64)62-51-23-13-10-20-47(51)61(50-33-38-17-7-8-18-39(38)34-52(50)62)48-21-11-14-24-53(48)63-54-25-15-12-22-49(54)61/h7-37H,1-6H3. The highest BCUT2D eigenvalue weighted by molar-refractivity contribution is 7.99. The number of anilines is 3. The van der Waals surface area contributed by atoms with E-state index in [-0.39, 0.29) is 10.8 Å². The van der Waals surface area contributed by atoms with Gasteiger partial charge in [0.25, 0.3) is 0 Å². The average molecular weight is 856 g/mol. The monoisotopic (exact) mass is 855 g/mol. The molecule has 3 heteroatoms. The molecule has 1 nitrogen and oxygen atoms in total. The number of nitrogens with zero attached hydrogens (tertiary/aromatic N) is 1. The van der Waals surface area contributed by atoms with Crippen molar-refractivity contribution in [2.24, 2.45) is 0 Å². The zero-order chi connectivity index (χ0) is 43.3. The van der Waals surface area contributed by atoms with Crippen molar-refractivity contribution in [1.29, 1.82) is 0 Å². The van der Waals surface area contributed by atoms with E-state index in [2.05, 4.69) is 234 Å². The normalized spacial score (nSPS) is 15.5. The van der Waals surface area contributed by atoms with Gasteiger partial charge in [-0.1, -0.05) is 199 Å². The fraction of sp³-hybridized carbons (Fsp3) is 0.148. The Morgan fingerprint density at radius 1 is 0.391 bits per heavy atom. The van der Waals surface area contributed by atoms with Crippen molar-refractivity contribution in [2.75, 3.05) is 4.90 Å². The van der Waals surface area contributed by atoms with Gasteiger partial charge < -0.3 is 4.90 Å². The number of hydrogen-bond acceptors (Lipinski definition) is 2. The van der Waals surface area contributed by atoms with Gasteiger partial charge in [0.15, 0.2) is 8.07 Å². The van der Waals surface area contributed by atoms with Gasteiger partial charge in [-0.3, -0.25) is 0 Å². The van der Waals surface area contributed by atoms with Crippen LogP contribution in [0.2, 0.25) is 0 Å². The Hall–Kier alpha value is -6.39. The highest BCUT2D eigenvalue weighted by Crippen LogP contribution is 2.63. The van der Waals surface area contributed by atoms with Gasteiger partial charge in [-0.25, -0.2) is 0 Å². The first-order chi connectivity index (χ1) is 31.0. The van der Waals surface area contributed by atoms with E-state index in [1.165, 1.54) is 114 Å². The zero-order valence-corrected chi connectivity index (χ0v) is 39.1. The van der Waals surface area contributed by atoms with Gasteiger partial charge in [-0.15, -0.1) is 0 Å². The molecule has 0 N–H and O–H groups in total. The van der Waals surface area contributed by atoms with Crippen molar-refractivity contribution < 1.29 is 0 Å². The molecule has 9 aromatic rings. The Kier molecular flexibility index (Phi) is 7.80. The maximum atomic E-state index is 2.64. The first kappa shape index (κ1) is 38.1. The minimum absolute atomic E-state index is 0.00752. The summed E-state index contributed by atoms with van der Waals surface area (Å²) >= 11 is 1.90. The Labute approximate surface area is 382 Å². The van der Waals surface area contributed by atoms with Crippen LogP contribution in [0, 0.1) is 0 Å². The van der Waals surface area contributed by atoms with E-state index < -0.39 is 13.5 Å². The predicted octanol–water partition coefficient (Wildman–Crippen LogP) is 13.4. The van der Waals surface area contributed by atoms with Gasteiger partial charge in [0, 0.05) is 15.5 Å². The first-order valence-electron chi connectivity index (χ1n) is 22.8. The Morgan fingerprint density at radius 3 is 1.50 bits per heavy atom. The molecule has 4 heterocycles. The summed E-state index contributed by atoms with van der Waals surface area (Å²) in [6.07, 6.45) is 0. The maximum Gasteiger partial charge on any atom is 0.182 e. The summed E-state index contributed by atoms with van der Waals surface area (Å²) in [5.41, 5.74) is 16.8. The summed E-state index contributed by atoms with van der Waals surface area (Å²) < 4.78 is 0. The second kappa shape index (κ2) is 13.1. The molecule has 9 aromatic carbocycles. The lowest BCUT2D eigenvalue weighted by Crippen LogP contribution is -2.71. The summed E-state index contributed by atoms with van der Waals surface area (Å²) in [5.74, 6) is 0. The molecule has 0 aliphatic carbocycles. The number of hydrogen-bond donors (Lipinski definition) is 0. The van der Waals surface area contributed by atoms with Crippen molar-refractivity contribution in [3.63, 3.8) is 0 Å². The van der Waals surface area contributed by atoms with Crippen LogP contribution in [0.5, 0.6) is 0 Å². The number of para-hydroxylation sites is 1. The van der Waals surface area contributed by atoms with Crippen LogP contribution in [-0.2, 0) is 16.2 Å². The smallest absolute Gasteiger partial charge is 0.182 e. The van der Waals surface area contributed by atoms with E-state index in [9.17, 15) is 0 Å². The highest BCUT2D eigenvalue weighted by Gasteiger charge is 2.56. The number of rotatable bonds is 1. The molecule has 0 fully saturated rings. The van der Waals surface area contributed by atoms with Gasteiger partial charge >= 0.3 is 0 Å². The van der Waals surface area contributed by atoms with Gasteiger partial charge in [0.2, 0.25) is 0 Å². The lowest BCUT2D eigenvalue weighted by Gasteiger charge is -2.49. The Morgan fingerprint density at radius 2 is 0.875 bits per heavy atom. The molecule has 64 heavy (non-hydrogen) atoms. The SMILES string of the molecule is CC(C)(C)c1ccc2c(c1)[Si]1(c3ccccc3-c3ccc(N4c5ccccc5C5(c6ccccc6Sc6ccccc65)c5cc6ccccc6cc54)cc31)c1cc(C(C)(C)C)ccc1-2. The summed E-state index contributed by atoms with van der Waals surface area (Å²) in [4.78, 5) is 5.25. The largest absolute Gasteiger partial charge is 0.310 e. The minimum Gasteiger partial charge on any atom is -0.310 e. The molecular formula is C61H49NSSi. The number of fused-ring (bicyclic) bond motifs is 19. The van der Waals surface area contributed by atoms with E-state index in [0.29, 0.717) is 0 Å². The molecule has 2 spiro atoms. The van der Waals surface area contributed by atoms with Crippen LogP contribution >= 0.6 is 11.8 Å². The van der Waals surface area contributed by atoms with E-state index in [1.807, 2.05) is 11.8 Å². The minimum atomic E-state index is -2.86. The lowest BCUT2D eigenvalue weighted by atomic mass is 9.62. The van der Waals surface area contributed by atoms with E-state index in [0.717, 1.165) is 0 Å². The molecule has 0 saturated heterocycles. The van der Waals surface area contributed by atoms with Crippen LogP contribution < -0.4 is 25.6 Å². The van der Waals surface area contributed by atoms with Crippen LogP contribution in [0.15, 0.2) is 198 Å². The summed E-state index contributed by atoms with van der Waals surface area (Å²) in [7, 11) is -2.86. The van der Waals surface area contributed by atoms with Gasteiger partial charge in [-0.2, -0.15) is 0 Å². The summed E-state index contributed by atoms with van der Waals surface area (Å²) in [6, 6.07) is 73.4. The summed E-state index contributed by atoms with van der Waals surface area (Å²) in [5, 5.41) is 8.57. The lowest BCUT2D eigenvalue weighted by molar-refractivity contribution is 0.590. The first-order valence-corrected chi connectivity index (χ1v) is 25.7. The molecule has 0 saturated carbocycles. The molecule has 308 valence electrons. The van der Waals surface area contributed by atoms with E-state index in [4.69, 9.17) is 0 Å². The molecule has 0 bridgehead atoms. The van der Waals surface area contributed by atoms with Crippen molar-refractivity contribution >= 4 is 68.4 Å². The maximum absolute atomic E-state index is 2.86. The second-order valence-corrected chi connectivity index (χ2v) is 25.2. The van der Waals surface area contributed by atoms with E-state index in [1.54, 1.807) is 0 Å². The van der Waals surface area contributed by atoms with Gasteiger partial charge in [0.05, 0.1) is 16.8 Å². The van der Waals surface area contributed by atoms with Crippen LogP contribution in [0.3, 0.4) is 0 Å². The van der Waals surface area contributed by atoms with Crippen molar-refractivity contribution in [1.82, 2.24) is 0 Å². The molecule has 0 atom stereocenters. The fourth-order valence-corrected chi connectivity index (χ4v) is 18.9. The molecule has 4 aliphatic heterocycles. The van der Waals surface area contributed by atoms with E-state index >= 15 is 0 Å². The molecule has 0 aromatic heterocycles. The Balaban J connectivity index is 1.14. The van der Waals surface area contributed by atoms with Crippen molar-refractivity contribution in [3.8, 4) is 22.3 Å². The van der Waals surface area contributed by atoms with Crippen LogP contribution in [0.1, 0.15) is 74.9 Å². The third-order valence-electron chi connectivity index (χ3n) is 15.0. The van der Waals surface area contributed by atoms with Crippen LogP contribution in [0.4, 0.5) is 17.1 Å². The Bertz CT molecular complexity index is 3360. The quantitative estimate of drug-likeness (QED) is 0.151. The third-order valence-corrected chi connectivity index (χ3v) is 21.1. The van der Waals surface area contributed by atoms with Crippen molar-refractivity contribution in [2.45, 2.75) is 67.6 Å². The zero-order valence-electron chi connectivity index (χ0n) is 37.3. The van der Waals surface area contributed by atoms with Gasteiger partial charge in [0.1, 0.15) is 0 Å². The average Bonchev–Trinajstić information content (AvgIpc) is 3.77. The molecule has 0 unspecified atom stereocenters. The topological polar surface area (TPSA) is 3.24 Å². The van der Waals surface area contributed by atoms with Crippen LogP contribution in [-0.4, -0.2) is 8.07 Å². The highest BCUT2D eigenvalue weighted by atomic mass is 32.2. The molecule has 4 aliphatic rings. The second-order valence-electron chi connectivity index (χ2n) is 20.5. The van der Waals surface area contributed by atoms with Crippen molar-refractivity contribution in [3.05, 3.63) is 221 Å². The third kappa shape index (κ3) is 4.92. The number of benzene rings is 9. The fourth-order valence-electron chi connectivity index (χ4n) is 12.1. The predicted molar refractivity (Wildman–Crippen MR) is 274 cm³/mol. The molecule has 13 rings (SSSR count). The van der Waals surface area contributed by atoms with Gasteiger partial charge in [-0.05, 0) is 140 Å². The van der Waals surface area contributed by atoms with Crippen LogP contribution in [0.25, 0.3) is 33.0 Å². The molecule has 0 radical (unpaired) electrons.